The Morgan fingerprint density at radius 3 is 2.44 bits per heavy atom. The number of benzene rings is 2. The van der Waals surface area contributed by atoms with Crippen LogP contribution in [0, 0.1) is 11.3 Å². The third-order valence-electron chi connectivity index (χ3n) is 5.98. The van der Waals surface area contributed by atoms with Gasteiger partial charge in [0.1, 0.15) is 11.8 Å². The van der Waals surface area contributed by atoms with E-state index in [0.29, 0.717) is 11.5 Å². The summed E-state index contributed by atoms with van der Waals surface area (Å²) in [5, 5.41) is 9.38. The van der Waals surface area contributed by atoms with Crippen molar-refractivity contribution in [1.29, 1.82) is 0 Å². The summed E-state index contributed by atoms with van der Waals surface area (Å²) in [6.07, 6.45) is 0.892. The molecule has 1 aliphatic heterocycles. The SMILES string of the molecule is COc1ccc(S(=O)(=O)N2CC(C)(C)C(CSCCc3ccccc3)C2C(=O)NO)cc1. The Morgan fingerprint density at radius 1 is 1.19 bits per heavy atom. The lowest BCUT2D eigenvalue weighted by molar-refractivity contribution is -0.133. The van der Waals surface area contributed by atoms with Gasteiger partial charge in [0.15, 0.2) is 0 Å². The summed E-state index contributed by atoms with van der Waals surface area (Å²) in [6.45, 7) is 4.12. The van der Waals surface area contributed by atoms with Crippen LogP contribution in [-0.4, -0.2) is 55.0 Å². The fourth-order valence-electron chi connectivity index (χ4n) is 4.10. The Kier molecular flexibility index (Phi) is 7.87. The number of carbonyl (C=O) groups is 1. The number of thioether (sulfide) groups is 1. The van der Waals surface area contributed by atoms with E-state index >= 15 is 0 Å². The van der Waals surface area contributed by atoms with Gasteiger partial charge >= 0.3 is 0 Å². The molecule has 1 fully saturated rings. The van der Waals surface area contributed by atoms with Crippen LogP contribution >= 0.6 is 11.8 Å². The van der Waals surface area contributed by atoms with Gasteiger partial charge in [0.25, 0.3) is 5.91 Å². The highest BCUT2D eigenvalue weighted by Gasteiger charge is 2.54. The maximum Gasteiger partial charge on any atom is 0.262 e. The van der Waals surface area contributed by atoms with Crippen molar-refractivity contribution in [2.45, 2.75) is 31.2 Å². The van der Waals surface area contributed by atoms with E-state index < -0.39 is 27.4 Å². The van der Waals surface area contributed by atoms with E-state index in [1.165, 1.54) is 29.1 Å². The number of hydroxylamine groups is 1. The standard InChI is InChI=1S/C23H30N2O5S2/c1-23(2)16-25(32(28,29)19-11-9-18(30-3)10-12-19)21(22(26)24-27)20(23)15-31-14-13-17-7-5-4-6-8-17/h4-12,20-21,27H,13-16H2,1-3H3,(H,24,26). The van der Waals surface area contributed by atoms with Crippen molar-refractivity contribution in [2.24, 2.45) is 11.3 Å². The van der Waals surface area contributed by atoms with Gasteiger partial charge in [-0.25, -0.2) is 13.9 Å². The number of nitrogens with zero attached hydrogens (tertiary/aromatic N) is 1. The highest BCUT2D eigenvalue weighted by Crippen LogP contribution is 2.44. The third kappa shape index (κ3) is 5.28. The molecule has 2 atom stereocenters. The maximum atomic E-state index is 13.4. The van der Waals surface area contributed by atoms with Gasteiger partial charge in [-0.2, -0.15) is 16.1 Å². The lowest BCUT2D eigenvalue weighted by Gasteiger charge is -2.28. The fraction of sp³-hybridized carbons (Fsp3) is 0.435. The number of ether oxygens (including phenoxy) is 1. The van der Waals surface area contributed by atoms with Crippen molar-refractivity contribution in [3.63, 3.8) is 0 Å². The average Bonchev–Trinajstić information content (AvgIpc) is 3.08. The molecule has 0 aromatic heterocycles. The molecule has 2 unspecified atom stereocenters. The first-order valence-electron chi connectivity index (χ1n) is 10.4. The molecule has 0 saturated carbocycles. The summed E-state index contributed by atoms with van der Waals surface area (Å²) >= 11 is 1.69. The largest absolute Gasteiger partial charge is 0.497 e. The quantitative estimate of drug-likeness (QED) is 0.326. The van der Waals surface area contributed by atoms with Crippen LogP contribution in [-0.2, 0) is 21.2 Å². The number of nitrogens with one attached hydrogen (secondary N) is 1. The summed E-state index contributed by atoms with van der Waals surface area (Å²) in [5.74, 6) is 1.04. The number of hydrogen-bond donors (Lipinski definition) is 2. The molecule has 2 N–H and O–H groups in total. The van der Waals surface area contributed by atoms with Crippen LogP contribution in [0.1, 0.15) is 19.4 Å². The molecule has 0 aliphatic carbocycles. The summed E-state index contributed by atoms with van der Waals surface area (Å²) < 4.78 is 33.2. The van der Waals surface area contributed by atoms with Crippen LogP contribution in [0.2, 0.25) is 0 Å². The number of hydrogen-bond acceptors (Lipinski definition) is 6. The van der Waals surface area contributed by atoms with Gasteiger partial charge in [-0.1, -0.05) is 44.2 Å². The number of methoxy groups -OCH3 is 1. The van der Waals surface area contributed by atoms with E-state index in [0.717, 1.165) is 12.2 Å². The van der Waals surface area contributed by atoms with Gasteiger partial charge in [-0.3, -0.25) is 10.0 Å². The number of carbonyl (C=O) groups excluding carboxylic acids is 1. The van der Waals surface area contributed by atoms with Crippen molar-refractivity contribution in [3.8, 4) is 5.75 Å². The molecule has 7 nitrogen and oxygen atoms in total. The molecular formula is C23H30N2O5S2. The Balaban J connectivity index is 1.80. The molecule has 3 rings (SSSR count). The number of amides is 1. The Bertz CT molecular complexity index is 1010. The minimum atomic E-state index is -3.95. The van der Waals surface area contributed by atoms with Crippen molar-refractivity contribution < 1.29 is 23.2 Å². The lowest BCUT2D eigenvalue weighted by atomic mass is 9.80. The Morgan fingerprint density at radius 2 is 1.84 bits per heavy atom. The van der Waals surface area contributed by atoms with Crippen molar-refractivity contribution in [1.82, 2.24) is 9.79 Å². The van der Waals surface area contributed by atoms with Crippen LogP contribution in [0.3, 0.4) is 0 Å². The summed E-state index contributed by atoms with van der Waals surface area (Å²) in [7, 11) is -2.44. The second-order valence-corrected chi connectivity index (χ2v) is 11.6. The van der Waals surface area contributed by atoms with Crippen LogP contribution < -0.4 is 10.2 Å². The minimum Gasteiger partial charge on any atom is -0.497 e. The molecule has 2 aromatic rings. The number of rotatable bonds is 9. The molecule has 2 aromatic carbocycles. The molecule has 1 saturated heterocycles. The zero-order chi connectivity index (χ0) is 23.4. The highest BCUT2D eigenvalue weighted by atomic mass is 32.2. The zero-order valence-electron chi connectivity index (χ0n) is 18.5. The van der Waals surface area contributed by atoms with E-state index in [1.54, 1.807) is 29.4 Å². The second-order valence-electron chi connectivity index (χ2n) is 8.55. The van der Waals surface area contributed by atoms with Crippen LogP contribution in [0.4, 0.5) is 0 Å². The predicted molar refractivity (Wildman–Crippen MR) is 125 cm³/mol. The van der Waals surface area contributed by atoms with Crippen molar-refractivity contribution in [3.05, 3.63) is 60.2 Å². The normalized spacial score (nSPS) is 20.8. The first-order chi connectivity index (χ1) is 15.2. The van der Waals surface area contributed by atoms with Crippen LogP contribution in [0.25, 0.3) is 0 Å². The number of aryl methyl sites for hydroxylation is 1. The van der Waals surface area contributed by atoms with Crippen molar-refractivity contribution in [2.75, 3.05) is 25.2 Å². The molecule has 9 heteroatoms. The predicted octanol–water partition coefficient (Wildman–Crippen LogP) is 3.19. The maximum absolute atomic E-state index is 13.4. The van der Waals surface area contributed by atoms with Gasteiger partial charge in [0, 0.05) is 6.54 Å². The summed E-state index contributed by atoms with van der Waals surface area (Å²) in [6, 6.07) is 15.2. The van der Waals surface area contributed by atoms with Crippen molar-refractivity contribution >= 4 is 27.7 Å². The lowest BCUT2D eigenvalue weighted by Crippen LogP contribution is -2.48. The molecule has 1 aliphatic rings. The minimum absolute atomic E-state index is 0.0854. The first-order valence-corrected chi connectivity index (χ1v) is 13.0. The average molecular weight is 479 g/mol. The van der Waals surface area contributed by atoms with Gasteiger partial charge in [-0.05, 0) is 59.1 Å². The second kappa shape index (κ2) is 10.2. The topological polar surface area (TPSA) is 95.9 Å². The van der Waals surface area contributed by atoms with E-state index in [9.17, 15) is 18.4 Å². The fourth-order valence-corrected chi connectivity index (χ4v) is 7.33. The number of sulfonamides is 1. The molecule has 174 valence electrons. The smallest absolute Gasteiger partial charge is 0.262 e. The van der Waals surface area contributed by atoms with E-state index in [-0.39, 0.29) is 17.4 Å². The summed E-state index contributed by atoms with van der Waals surface area (Å²) in [4.78, 5) is 12.7. The third-order valence-corrected chi connectivity index (χ3v) is 8.91. The van der Waals surface area contributed by atoms with E-state index in [2.05, 4.69) is 12.1 Å². The molecule has 0 bridgehead atoms. The van der Waals surface area contributed by atoms with Gasteiger partial charge in [0.05, 0.1) is 12.0 Å². The highest BCUT2D eigenvalue weighted by molar-refractivity contribution is 7.99. The molecule has 0 radical (unpaired) electrons. The van der Waals surface area contributed by atoms with Crippen LogP contribution in [0.15, 0.2) is 59.5 Å². The molecular weight excluding hydrogens is 448 g/mol. The van der Waals surface area contributed by atoms with Gasteiger partial charge in [-0.15, -0.1) is 0 Å². The van der Waals surface area contributed by atoms with E-state index in [4.69, 9.17) is 4.74 Å². The van der Waals surface area contributed by atoms with Gasteiger partial charge in [0.2, 0.25) is 10.0 Å². The first kappa shape index (κ1) is 24.6. The Labute approximate surface area is 194 Å². The molecule has 32 heavy (non-hydrogen) atoms. The monoisotopic (exact) mass is 478 g/mol. The molecule has 1 heterocycles. The molecule has 0 spiro atoms. The van der Waals surface area contributed by atoms with E-state index in [1.807, 2.05) is 32.0 Å². The summed E-state index contributed by atoms with van der Waals surface area (Å²) in [5.41, 5.74) is 2.48. The van der Waals surface area contributed by atoms with Gasteiger partial charge < -0.3 is 4.74 Å². The zero-order valence-corrected chi connectivity index (χ0v) is 20.2. The molecule has 1 amide bonds. The Hall–Kier alpha value is -2.07. The van der Waals surface area contributed by atoms with Crippen LogP contribution in [0.5, 0.6) is 5.75 Å².